The van der Waals surface area contributed by atoms with E-state index in [1.54, 1.807) is 41.5 Å². The van der Waals surface area contributed by atoms with Crippen molar-refractivity contribution in [3.05, 3.63) is 0 Å². The molecule has 0 amide bonds. The molecular weight excluding hydrogens is 292 g/mol. The predicted molar refractivity (Wildman–Crippen MR) is 77.8 cm³/mol. The van der Waals surface area contributed by atoms with Crippen molar-refractivity contribution in [1.29, 1.82) is 0 Å². The molecule has 0 saturated carbocycles. The molecule has 7 nitrogen and oxygen atoms in total. The molecule has 0 aromatic carbocycles. The first-order valence-electron chi connectivity index (χ1n) is 7.33. The predicted octanol–water partition coefficient (Wildman–Crippen LogP) is 1.21. The second kappa shape index (κ2) is 9.40. The number of rotatable bonds is 8. The zero-order valence-electron chi connectivity index (χ0n) is 14.0. The third kappa shape index (κ3) is 7.97. The lowest BCUT2D eigenvalue weighted by Gasteiger charge is -2.22. The number of aliphatic hydroxyl groups excluding tert-OH is 1. The van der Waals surface area contributed by atoms with Gasteiger partial charge in [0, 0.05) is 0 Å². The van der Waals surface area contributed by atoms with Crippen molar-refractivity contribution in [3.63, 3.8) is 0 Å². The number of hydrogen-bond donors (Lipinski definition) is 1. The fraction of sp³-hybridized carbons (Fsp3) is 0.800. The molecule has 0 bridgehead atoms. The first-order chi connectivity index (χ1) is 10.0. The summed E-state index contributed by atoms with van der Waals surface area (Å²) >= 11 is 0. The van der Waals surface area contributed by atoms with E-state index in [0.29, 0.717) is 0 Å². The topological polar surface area (TPSA) is 99.1 Å². The van der Waals surface area contributed by atoms with Crippen molar-refractivity contribution in [2.45, 2.75) is 72.4 Å². The number of aliphatic hydroxyl groups is 1. The average molecular weight is 318 g/mol. The molecule has 0 aliphatic carbocycles. The van der Waals surface area contributed by atoms with Crippen LogP contribution in [0.15, 0.2) is 0 Å². The third-order valence-electron chi connectivity index (χ3n) is 2.38. The lowest BCUT2D eigenvalue weighted by Crippen LogP contribution is -2.40. The van der Waals surface area contributed by atoms with Crippen LogP contribution in [0.1, 0.15) is 48.0 Å². The van der Waals surface area contributed by atoms with Gasteiger partial charge in [-0.15, -0.1) is 0 Å². The van der Waals surface area contributed by atoms with Gasteiger partial charge in [-0.05, 0) is 41.5 Å². The minimum absolute atomic E-state index is 0.367. The largest absolute Gasteiger partial charge is 0.463 e. The van der Waals surface area contributed by atoms with E-state index in [9.17, 15) is 19.5 Å². The molecule has 1 N–H and O–H groups in total. The van der Waals surface area contributed by atoms with Gasteiger partial charge in [0.15, 0.2) is 6.10 Å². The van der Waals surface area contributed by atoms with E-state index in [4.69, 9.17) is 14.2 Å². The molecular formula is C15H26O7. The lowest BCUT2D eigenvalue weighted by molar-refractivity contribution is -0.174. The van der Waals surface area contributed by atoms with Crippen LogP contribution in [-0.2, 0) is 28.6 Å². The van der Waals surface area contributed by atoms with Crippen molar-refractivity contribution < 1.29 is 33.7 Å². The Bertz CT molecular complexity index is 387. The van der Waals surface area contributed by atoms with Gasteiger partial charge in [0.1, 0.15) is 5.92 Å². The maximum absolute atomic E-state index is 12.0. The normalized spacial score (nSPS) is 13.9. The van der Waals surface area contributed by atoms with Crippen LogP contribution in [-0.4, -0.2) is 47.4 Å². The Morgan fingerprint density at radius 3 is 1.59 bits per heavy atom. The van der Waals surface area contributed by atoms with E-state index in [-0.39, 0.29) is 6.10 Å². The molecule has 0 aromatic rings. The van der Waals surface area contributed by atoms with Gasteiger partial charge in [-0.2, -0.15) is 0 Å². The van der Waals surface area contributed by atoms with Crippen LogP contribution in [0.25, 0.3) is 0 Å². The summed E-state index contributed by atoms with van der Waals surface area (Å²) in [5.74, 6) is -3.88. The van der Waals surface area contributed by atoms with Crippen LogP contribution in [0, 0.1) is 5.92 Å². The Morgan fingerprint density at radius 1 is 0.773 bits per heavy atom. The molecule has 0 rings (SSSR count). The molecule has 22 heavy (non-hydrogen) atoms. The van der Waals surface area contributed by atoms with Crippen molar-refractivity contribution in [2.75, 3.05) is 0 Å². The maximum Gasteiger partial charge on any atom is 0.336 e. The molecule has 0 saturated heterocycles. The highest BCUT2D eigenvalue weighted by molar-refractivity contribution is 5.87. The van der Waals surface area contributed by atoms with Gasteiger partial charge in [0.2, 0.25) is 0 Å². The zero-order valence-corrected chi connectivity index (χ0v) is 14.0. The molecule has 0 fully saturated rings. The quantitative estimate of drug-likeness (QED) is 0.530. The standard InChI is InChI=1S/C15H26O7/c1-8(2)20-12(16)7-11(14(18)21-9(3)4)13(17)15(19)22-10(5)6/h8-11,13,17H,7H2,1-6H3. The Balaban J connectivity index is 5.02. The molecule has 128 valence electrons. The van der Waals surface area contributed by atoms with E-state index < -0.39 is 48.6 Å². The van der Waals surface area contributed by atoms with Crippen LogP contribution >= 0.6 is 0 Å². The molecule has 7 heteroatoms. The van der Waals surface area contributed by atoms with Crippen LogP contribution in [0.5, 0.6) is 0 Å². The van der Waals surface area contributed by atoms with E-state index in [1.165, 1.54) is 0 Å². The van der Waals surface area contributed by atoms with Gasteiger partial charge in [-0.3, -0.25) is 9.59 Å². The first kappa shape index (κ1) is 20.4. The van der Waals surface area contributed by atoms with Crippen LogP contribution in [0.2, 0.25) is 0 Å². The fourth-order valence-corrected chi connectivity index (χ4v) is 1.60. The van der Waals surface area contributed by atoms with Gasteiger partial charge < -0.3 is 19.3 Å². The Labute approximate surface area is 130 Å². The average Bonchev–Trinajstić information content (AvgIpc) is 2.32. The fourth-order valence-electron chi connectivity index (χ4n) is 1.60. The minimum atomic E-state index is -1.78. The van der Waals surface area contributed by atoms with Crippen LogP contribution in [0.3, 0.4) is 0 Å². The van der Waals surface area contributed by atoms with Gasteiger partial charge in [0.05, 0.1) is 24.7 Å². The van der Waals surface area contributed by atoms with Crippen LogP contribution < -0.4 is 0 Å². The van der Waals surface area contributed by atoms with Crippen LogP contribution in [0.4, 0.5) is 0 Å². The summed E-state index contributed by atoms with van der Waals surface area (Å²) in [6.07, 6.45) is -3.50. The SMILES string of the molecule is CC(C)OC(=O)CC(C(=O)OC(C)C)C(O)C(=O)OC(C)C. The smallest absolute Gasteiger partial charge is 0.336 e. The summed E-state index contributed by atoms with van der Waals surface area (Å²) < 4.78 is 14.8. The number of esters is 3. The summed E-state index contributed by atoms with van der Waals surface area (Å²) in [6.45, 7) is 9.78. The summed E-state index contributed by atoms with van der Waals surface area (Å²) in [5, 5.41) is 10.0. The molecule has 2 atom stereocenters. The highest BCUT2D eigenvalue weighted by atomic mass is 16.6. The van der Waals surface area contributed by atoms with E-state index >= 15 is 0 Å². The summed E-state index contributed by atoms with van der Waals surface area (Å²) in [5.41, 5.74) is 0. The van der Waals surface area contributed by atoms with Crippen molar-refractivity contribution in [3.8, 4) is 0 Å². The van der Waals surface area contributed by atoms with E-state index in [2.05, 4.69) is 0 Å². The molecule has 2 unspecified atom stereocenters. The second-order valence-corrected chi connectivity index (χ2v) is 5.77. The summed E-state index contributed by atoms with van der Waals surface area (Å²) in [6, 6.07) is 0. The van der Waals surface area contributed by atoms with Crippen molar-refractivity contribution in [2.24, 2.45) is 5.92 Å². The Hall–Kier alpha value is -1.63. The molecule has 0 aliphatic heterocycles. The Morgan fingerprint density at radius 2 is 1.18 bits per heavy atom. The minimum Gasteiger partial charge on any atom is -0.463 e. The number of carbonyl (C=O) groups is 3. The van der Waals surface area contributed by atoms with Crippen molar-refractivity contribution in [1.82, 2.24) is 0 Å². The maximum atomic E-state index is 12.0. The Kier molecular flexibility index (Phi) is 8.70. The van der Waals surface area contributed by atoms with E-state index in [1.807, 2.05) is 0 Å². The van der Waals surface area contributed by atoms with Gasteiger partial charge in [-0.25, -0.2) is 4.79 Å². The molecule has 0 spiro atoms. The highest BCUT2D eigenvalue weighted by Gasteiger charge is 2.37. The molecule has 0 radical (unpaired) electrons. The monoisotopic (exact) mass is 318 g/mol. The highest BCUT2D eigenvalue weighted by Crippen LogP contribution is 2.16. The van der Waals surface area contributed by atoms with E-state index in [0.717, 1.165) is 0 Å². The van der Waals surface area contributed by atoms with Gasteiger partial charge in [-0.1, -0.05) is 0 Å². The zero-order chi connectivity index (χ0) is 17.4. The summed E-state index contributed by atoms with van der Waals surface area (Å²) in [7, 11) is 0. The van der Waals surface area contributed by atoms with Gasteiger partial charge >= 0.3 is 17.9 Å². The summed E-state index contributed by atoms with van der Waals surface area (Å²) in [4.78, 5) is 35.5. The number of ether oxygens (including phenoxy) is 3. The number of hydrogen-bond acceptors (Lipinski definition) is 7. The third-order valence-corrected chi connectivity index (χ3v) is 2.38. The first-order valence-corrected chi connectivity index (χ1v) is 7.33. The second-order valence-electron chi connectivity index (χ2n) is 5.77. The molecule has 0 heterocycles. The van der Waals surface area contributed by atoms with Crippen molar-refractivity contribution >= 4 is 17.9 Å². The lowest BCUT2D eigenvalue weighted by atomic mass is 9.98. The molecule has 0 aliphatic rings. The molecule has 0 aromatic heterocycles. The van der Waals surface area contributed by atoms with Gasteiger partial charge in [0.25, 0.3) is 0 Å². The number of carbonyl (C=O) groups excluding carboxylic acids is 3.